The normalized spacial score (nSPS) is 11.8. The van der Waals surface area contributed by atoms with E-state index in [2.05, 4.69) is 42.1 Å². The molecule has 2 aromatic heterocycles. The van der Waals surface area contributed by atoms with E-state index in [-0.39, 0.29) is 5.54 Å². The van der Waals surface area contributed by atoms with E-state index in [1.54, 1.807) is 11.3 Å². The lowest BCUT2D eigenvalue weighted by atomic mass is 10.00. The van der Waals surface area contributed by atoms with Crippen LogP contribution in [0.2, 0.25) is 0 Å². The van der Waals surface area contributed by atoms with Gasteiger partial charge in [0.25, 0.3) is 0 Å². The van der Waals surface area contributed by atoms with Gasteiger partial charge in [0.1, 0.15) is 15.8 Å². The first-order valence-corrected chi connectivity index (χ1v) is 7.93. The van der Waals surface area contributed by atoms with E-state index in [9.17, 15) is 0 Å². The van der Waals surface area contributed by atoms with Crippen LogP contribution in [0.15, 0.2) is 5.38 Å². The van der Waals surface area contributed by atoms with Crippen LogP contribution >= 0.6 is 22.9 Å². The zero-order valence-corrected chi connectivity index (χ0v) is 13.7. The topological polar surface area (TPSA) is 55.0 Å². The van der Waals surface area contributed by atoms with Crippen molar-refractivity contribution in [2.45, 2.75) is 39.7 Å². The van der Waals surface area contributed by atoms with Crippen LogP contribution in [-0.4, -0.2) is 21.9 Å². The molecule has 0 atom stereocenters. The number of aromatic nitrogens is 2. The lowest BCUT2D eigenvalue weighted by molar-refractivity contribution is 0.473. The fourth-order valence-corrected chi connectivity index (χ4v) is 3.56. The monoisotopic (exact) mass is 296 g/mol. The smallest absolute Gasteiger partial charge is 0.149 e. The molecule has 2 N–H and O–H groups in total. The predicted octanol–water partition coefficient (Wildman–Crippen LogP) is 3.78. The van der Waals surface area contributed by atoms with Crippen molar-refractivity contribution in [1.29, 1.82) is 0 Å². The van der Waals surface area contributed by atoms with E-state index < -0.39 is 0 Å². The molecule has 19 heavy (non-hydrogen) atoms. The van der Waals surface area contributed by atoms with E-state index in [0.29, 0.717) is 5.82 Å². The van der Waals surface area contributed by atoms with Crippen LogP contribution < -0.4 is 10.6 Å². The van der Waals surface area contributed by atoms with Gasteiger partial charge in [0, 0.05) is 23.7 Å². The molecule has 0 spiro atoms. The molecule has 0 saturated carbocycles. The average Bonchev–Trinajstić information content (AvgIpc) is 2.94. The molecule has 0 saturated heterocycles. The predicted molar refractivity (Wildman–Crippen MR) is 85.1 cm³/mol. The molecule has 6 heteroatoms. The van der Waals surface area contributed by atoms with Crippen molar-refractivity contribution in [3.63, 3.8) is 0 Å². The third-order valence-corrected chi connectivity index (χ3v) is 5.53. The van der Waals surface area contributed by atoms with Crippen molar-refractivity contribution in [2.24, 2.45) is 0 Å². The molecule has 2 rings (SSSR count). The maximum atomic E-state index is 6.04. The minimum atomic E-state index is 0.0695. The fourth-order valence-electron chi connectivity index (χ4n) is 1.70. The Hall–Kier alpha value is -1.14. The zero-order valence-electron chi connectivity index (χ0n) is 12.0. The van der Waals surface area contributed by atoms with Gasteiger partial charge < -0.3 is 10.6 Å². The van der Waals surface area contributed by atoms with Gasteiger partial charge in [-0.25, -0.2) is 4.98 Å². The van der Waals surface area contributed by atoms with Crippen molar-refractivity contribution in [3.05, 3.63) is 11.1 Å². The lowest BCUT2D eigenvalue weighted by Gasteiger charge is -2.35. The SMILES string of the molecule is CCC(C)(C)N(C)c1snc(N)c1-c1nc(C)cs1. The second-order valence-electron chi connectivity index (χ2n) is 5.27. The number of nitrogens with two attached hydrogens (primary N) is 1. The second-order valence-corrected chi connectivity index (χ2v) is 6.88. The van der Waals surface area contributed by atoms with Gasteiger partial charge in [-0.05, 0) is 38.7 Å². The molecule has 2 heterocycles. The van der Waals surface area contributed by atoms with Gasteiger partial charge in [0.15, 0.2) is 0 Å². The number of nitrogens with zero attached hydrogens (tertiary/aromatic N) is 3. The summed E-state index contributed by atoms with van der Waals surface area (Å²) >= 11 is 3.07. The van der Waals surface area contributed by atoms with Crippen molar-refractivity contribution >= 4 is 33.7 Å². The number of thiazole rings is 1. The van der Waals surface area contributed by atoms with Gasteiger partial charge >= 0.3 is 0 Å². The molecule has 104 valence electrons. The van der Waals surface area contributed by atoms with Gasteiger partial charge in [0.05, 0.1) is 5.56 Å². The number of hydrogen-bond acceptors (Lipinski definition) is 6. The summed E-state index contributed by atoms with van der Waals surface area (Å²) in [5, 5.41) is 4.09. The van der Waals surface area contributed by atoms with Gasteiger partial charge in [0.2, 0.25) is 0 Å². The quantitative estimate of drug-likeness (QED) is 0.933. The number of hydrogen-bond donors (Lipinski definition) is 1. The fraction of sp³-hybridized carbons (Fsp3) is 0.538. The summed E-state index contributed by atoms with van der Waals surface area (Å²) in [6, 6.07) is 0. The highest BCUT2D eigenvalue weighted by Crippen LogP contribution is 2.42. The molecule has 2 aromatic rings. The molecule has 0 aliphatic rings. The largest absolute Gasteiger partial charge is 0.382 e. The van der Waals surface area contributed by atoms with Gasteiger partial charge in [-0.1, -0.05) is 6.92 Å². The molecule has 0 unspecified atom stereocenters. The molecule has 0 radical (unpaired) electrons. The van der Waals surface area contributed by atoms with Crippen molar-refractivity contribution in [1.82, 2.24) is 9.36 Å². The number of nitrogen functional groups attached to an aromatic ring is 1. The van der Waals surface area contributed by atoms with Gasteiger partial charge in [-0.3, -0.25) is 0 Å². The first kappa shape index (κ1) is 14.3. The highest BCUT2D eigenvalue weighted by Gasteiger charge is 2.27. The maximum Gasteiger partial charge on any atom is 0.149 e. The third-order valence-electron chi connectivity index (χ3n) is 3.61. The minimum absolute atomic E-state index is 0.0695. The van der Waals surface area contributed by atoms with E-state index in [1.165, 1.54) is 11.5 Å². The summed E-state index contributed by atoms with van der Waals surface area (Å²) in [4.78, 5) is 6.80. The summed E-state index contributed by atoms with van der Waals surface area (Å²) in [5.74, 6) is 0.577. The average molecular weight is 296 g/mol. The Morgan fingerprint density at radius 3 is 2.63 bits per heavy atom. The molecule has 4 nitrogen and oxygen atoms in total. The summed E-state index contributed by atoms with van der Waals surface area (Å²) in [5.41, 5.74) is 8.11. The molecular formula is C13H20N4S2. The number of anilines is 2. The Balaban J connectivity index is 2.49. The van der Waals surface area contributed by atoms with Crippen LogP contribution in [0, 0.1) is 6.92 Å². The van der Waals surface area contributed by atoms with Crippen LogP contribution in [0.3, 0.4) is 0 Å². The Bertz CT molecular complexity index is 571. The summed E-state index contributed by atoms with van der Waals surface area (Å²) in [6.07, 6.45) is 1.05. The van der Waals surface area contributed by atoms with Gasteiger partial charge in [-0.15, -0.1) is 11.3 Å². The maximum absolute atomic E-state index is 6.04. The van der Waals surface area contributed by atoms with E-state index in [0.717, 1.165) is 27.7 Å². The third kappa shape index (κ3) is 2.60. The Morgan fingerprint density at radius 1 is 1.42 bits per heavy atom. The molecule has 0 fully saturated rings. The van der Waals surface area contributed by atoms with Crippen LogP contribution in [0.4, 0.5) is 10.8 Å². The van der Waals surface area contributed by atoms with Gasteiger partial charge in [-0.2, -0.15) is 4.37 Å². The molecule has 0 amide bonds. The number of aryl methyl sites for hydroxylation is 1. The lowest BCUT2D eigenvalue weighted by Crippen LogP contribution is -2.40. The molecule has 0 aliphatic carbocycles. The summed E-state index contributed by atoms with van der Waals surface area (Å²) < 4.78 is 4.32. The first-order valence-electron chi connectivity index (χ1n) is 6.28. The standard InChI is InChI=1S/C13H20N4S2/c1-6-13(3,4)17(5)12-9(10(14)16-19-12)11-15-8(2)7-18-11/h7H,6H2,1-5H3,(H2,14,16). The Morgan fingerprint density at radius 2 is 2.11 bits per heavy atom. The first-order chi connectivity index (χ1) is 8.86. The van der Waals surface area contributed by atoms with Crippen LogP contribution in [0.1, 0.15) is 32.9 Å². The van der Waals surface area contributed by atoms with E-state index >= 15 is 0 Å². The highest BCUT2D eigenvalue weighted by atomic mass is 32.1. The number of rotatable bonds is 4. The van der Waals surface area contributed by atoms with E-state index in [1.807, 2.05) is 12.3 Å². The Kier molecular flexibility index (Phi) is 3.82. The van der Waals surface area contributed by atoms with Crippen molar-refractivity contribution < 1.29 is 0 Å². The molecule has 0 bridgehead atoms. The molecule has 0 aliphatic heterocycles. The van der Waals surface area contributed by atoms with Crippen LogP contribution in [-0.2, 0) is 0 Å². The minimum Gasteiger partial charge on any atom is -0.382 e. The highest BCUT2D eigenvalue weighted by molar-refractivity contribution is 7.15. The zero-order chi connectivity index (χ0) is 14.2. The summed E-state index contributed by atoms with van der Waals surface area (Å²) in [7, 11) is 2.10. The molecule has 0 aromatic carbocycles. The van der Waals surface area contributed by atoms with Crippen LogP contribution in [0.25, 0.3) is 10.6 Å². The second kappa shape index (κ2) is 5.09. The summed E-state index contributed by atoms with van der Waals surface area (Å²) in [6.45, 7) is 8.63. The van der Waals surface area contributed by atoms with Crippen molar-refractivity contribution in [2.75, 3.05) is 17.7 Å². The van der Waals surface area contributed by atoms with Crippen LogP contribution in [0.5, 0.6) is 0 Å². The molecular weight excluding hydrogens is 276 g/mol. The van der Waals surface area contributed by atoms with E-state index in [4.69, 9.17) is 5.73 Å². The van der Waals surface area contributed by atoms with Crippen molar-refractivity contribution in [3.8, 4) is 10.6 Å². The Labute approximate surface area is 122 Å².